The van der Waals surface area contributed by atoms with E-state index in [0.29, 0.717) is 0 Å². The molecule has 0 amide bonds. The summed E-state index contributed by atoms with van der Waals surface area (Å²) in [7, 11) is -0.597. The van der Waals surface area contributed by atoms with Gasteiger partial charge in [-0.1, -0.05) is 0 Å². The summed E-state index contributed by atoms with van der Waals surface area (Å²) in [5.41, 5.74) is -0.343. The third-order valence-corrected chi connectivity index (χ3v) is 5.01. The summed E-state index contributed by atoms with van der Waals surface area (Å²) in [6, 6.07) is 2.47. The van der Waals surface area contributed by atoms with Crippen LogP contribution in [0.15, 0.2) is 28.0 Å². The van der Waals surface area contributed by atoms with Crippen molar-refractivity contribution in [1.82, 2.24) is 9.29 Å². The van der Waals surface area contributed by atoms with Crippen LogP contribution in [-0.2, 0) is 19.5 Å². The number of rotatable bonds is 4. The molecule has 7 nitrogen and oxygen atoms in total. The van der Waals surface area contributed by atoms with Crippen LogP contribution in [0, 0.1) is 0 Å². The Bertz CT molecular complexity index is 565. The number of pyridine rings is 1. The highest BCUT2D eigenvalue weighted by Crippen LogP contribution is 2.23. The fourth-order valence-electron chi connectivity index (χ4n) is 2.07. The second-order valence-electron chi connectivity index (χ2n) is 4.26. The van der Waals surface area contributed by atoms with E-state index in [0.717, 1.165) is 0 Å². The molecule has 1 aromatic heterocycles. The standard InChI is InChI=1S/C11H16N2O5S/c1-17-9-6-13(7-10(9)18-2)19(15,16)8-3-4-11(14)12-5-8/h3-5,9-10H,6-7H2,1-2H3,(H,12,14). The molecule has 2 rings (SSSR count). The molecule has 0 spiro atoms. The number of methoxy groups -OCH3 is 2. The van der Waals surface area contributed by atoms with Gasteiger partial charge in [0, 0.05) is 39.6 Å². The molecule has 0 saturated carbocycles. The number of aromatic nitrogens is 1. The molecule has 19 heavy (non-hydrogen) atoms. The van der Waals surface area contributed by atoms with E-state index in [1.54, 1.807) is 0 Å². The summed E-state index contributed by atoms with van der Waals surface area (Å²) < 4.78 is 36.4. The normalized spacial score (nSPS) is 24.7. The second kappa shape index (κ2) is 5.41. The quantitative estimate of drug-likeness (QED) is 0.800. The molecule has 1 saturated heterocycles. The van der Waals surface area contributed by atoms with Crippen LogP contribution in [0.3, 0.4) is 0 Å². The maximum atomic E-state index is 12.4. The first-order valence-electron chi connectivity index (χ1n) is 5.73. The minimum atomic E-state index is -3.64. The third-order valence-electron chi connectivity index (χ3n) is 3.18. The SMILES string of the molecule is COC1CN(S(=O)(=O)c2ccc(=O)[nH]c2)CC1OC. The minimum absolute atomic E-state index is 0.0544. The van der Waals surface area contributed by atoms with Gasteiger partial charge in [-0.3, -0.25) is 4.79 Å². The minimum Gasteiger partial charge on any atom is -0.377 e. The van der Waals surface area contributed by atoms with Crippen molar-refractivity contribution in [2.24, 2.45) is 0 Å². The van der Waals surface area contributed by atoms with Crippen molar-refractivity contribution in [3.05, 3.63) is 28.7 Å². The molecule has 0 radical (unpaired) electrons. The maximum Gasteiger partial charge on any atom is 0.247 e. The fourth-order valence-corrected chi connectivity index (χ4v) is 3.50. The van der Waals surface area contributed by atoms with Crippen molar-refractivity contribution < 1.29 is 17.9 Å². The Labute approximate surface area is 111 Å². The number of nitrogens with one attached hydrogen (secondary N) is 1. The van der Waals surface area contributed by atoms with Gasteiger partial charge in [-0.05, 0) is 6.07 Å². The van der Waals surface area contributed by atoms with Crippen LogP contribution < -0.4 is 5.56 Å². The fraction of sp³-hybridized carbons (Fsp3) is 0.545. The van der Waals surface area contributed by atoms with Crippen LogP contribution in [-0.4, -0.2) is 57.2 Å². The van der Waals surface area contributed by atoms with Crippen molar-refractivity contribution in [1.29, 1.82) is 0 Å². The molecule has 8 heteroatoms. The van der Waals surface area contributed by atoms with E-state index in [4.69, 9.17) is 9.47 Å². The van der Waals surface area contributed by atoms with E-state index in [9.17, 15) is 13.2 Å². The van der Waals surface area contributed by atoms with Crippen molar-refractivity contribution in [3.8, 4) is 0 Å². The van der Waals surface area contributed by atoms with E-state index in [1.807, 2.05) is 0 Å². The molecule has 1 aliphatic rings. The van der Waals surface area contributed by atoms with Gasteiger partial charge in [-0.25, -0.2) is 8.42 Å². The highest BCUT2D eigenvalue weighted by atomic mass is 32.2. The van der Waals surface area contributed by atoms with Crippen LogP contribution >= 0.6 is 0 Å². The number of H-pyrrole nitrogens is 1. The van der Waals surface area contributed by atoms with Crippen LogP contribution in [0.1, 0.15) is 0 Å². The zero-order chi connectivity index (χ0) is 14.0. The lowest BCUT2D eigenvalue weighted by Crippen LogP contribution is -2.30. The zero-order valence-electron chi connectivity index (χ0n) is 10.7. The third kappa shape index (κ3) is 2.71. The summed E-state index contributed by atoms with van der Waals surface area (Å²) in [6.45, 7) is 0.465. The average Bonchev–Trinajstić information content (AvgIpc) is 2.83. The topological polar surface area (TPSA) is 88.7 Å². The van der Waals surface area contributed by atoms with E-state index < -0.39 is 10.0 Å². The predicted molar refractivity (Wildman–Crippen MR) is 67.4 cm³/mol. The number of sulfonamides is 1. The lowest BCUT2D eigenvalue weighted by Gasteiger charge is -2.15. The molecule has 2 unspecified atom stereocenters. The molecule has 2 atom stereocenters. The van der Waals surface area contributed by atoms with E-state index in [-0.39, 0.29) is 35.8 Å². The maximum absolute atomic E-state index is 12.4. The number of nitrogens with zero attached hydrogens (tertiary/aromatic N) is 1. The highest BCUT2D eigenvalue weighted by molar-refractivity contribution is 7.89. The van der Waals surface area contributed by atoms with E-state index in [2.05, 4.69) is 4.98 Å². The highest BCUT2D eigenvalue weighted by Gasteiger charge is 2.39. The molecule has 1 N–H and O–H groups in total. The van der Waals surface area contributed by atoms with Crippen LogP contribution in [0.5, 0.6) is 0 Å². The lowest BCUT2D eigenvalue weighted by molar-refractivity contribution is -0.00461. The Balaban J connectivity index is 2.26. The molecule has 0 aromatic carbocycles. The summed E-state index contributed by atoms with van der Waals surface area (Å²) in [5, 5.41) is 0. The molecular formula is C11H16N2O5S. The Morgan fingerprint density at radius 2 is 1.79 bits per heavy atom. The Hall–Kier alpha value is -1.22. The zero-order valence-corrected chi connectivity index (χ0v) is 11.5. The van der Waals surface area contributed by atoms with Crippen LogP contribution in [0.25, 0.3) is 0 Å². The predicted octanol–water partition coefficient (Wildman–Crippen LogP) is -0.591. The molecule has 1 aliphatic heterocycles. The molecule has 1 fully saturated rings. The monoisotopic (exact) mass is 288 g/mol. The summed E-state index contributed by atoms with van der Waals surface area (Å²) in [4.78, 5) is 13.4. The number of hydrogen-bond acceptors (Lipinski definition) is 5. The van der Waals surface area contributed by atoms with E-state index in [1.165, 1.54) is 36.9 Å². The first kappa shape index (κ1) is 14.2. The molecule has 2 heterocycles. The van der Waals surface area contributed by atoms with Crippen molar-refractivity contribution >= 4 is 10.0 Å². The van der Waals surface area contributed by atoms with Gasteiger partial charge < -0.3 is 14.5 Å². The van der Waals surface area contributed by atoms with E-state index >= 15 is 0 Å². The average molecular weight is 288 g/mol. The van der Waals surface area contributed by atoms with Gasteiger partial charge in [0.15, 0.2) is 0 Å². The second-order valence-corrected chi connectivity index (χ2v) is 6.20. The largest absolute Gasteiger partial charge is 0.377 e. The molecule has 106 valence electrons. The van der Waals surface area contributed by atoms with Gasteiger partial charge in [0.1, 0.15) is 0 Å². The van der Waals surface area contributed by atoms with Crippen LogP contribution in [0.2, 0.25) is 0 Å². The summed E-state index contributed by atoms with van der Waals surface area (Å²) >= 11 is 0. The first-order chi connectivity index (χ1) is 8.98. The smallest absolute Gasteiger partial charge is 0.247 e. The van der Waals surface area contributed by atoms with Gasteiger partial charge in [0.2, 0.25) is 15.6 Å². The van der Waals surface area contributed by atoms with Gasteiger partial charge in [0.25, 0.3) is 0 Å². The Kier molecular flexibility index (Phi) is 4.04. The summed E-state index contributed by atoms with van der Waals surface area (Å²) in [5.74, 6) is 0. The Morgan fingerprint density at radius 1 is 1.21 bits per heavy atom. The van der Waals surface area contributed by atoms with Crippen molar-refractivity contribution in [3.63, 3.8) is 0 Å². The number of ether oxygens (including phenoxy) is 2. The van der Waals surface area contributed by atoms with Crippen LogP contribution in [0.4, 0.5) is 0 Å². The molecular weight excluding hydrogens is 272 g/mol. The molecule has 0 bridgehead atoms. The van der Waals surface area contributed by atoms with Gasteiger partial charge in [-0.2, -0.15) is 4.31 Å². The van der Waals surface area contributed by atoms with Gasteiger partial charge >= 0.3 is 0 Å². The van der Waals surface area contributed by atoms with Gasteiger partial charge in [-0.15, -0.1) is 0 Å². The number of hydrogen-bond donors (Lipinski definition) is 1. The first-order valence-corrected chi connectivity index (χ1v) is 7.17. The lowest BCUT2D eigenvalue weighted by atomic mass is 10.3. The van der Waals surface area contributed by atoms with Gasteiger partial charge in [0.05, 0.1) is 17.1 Å². The number of aromatic amines is 1. The molecule has 1 aromatic rings. The Morgan fingerprint density at radius 3 is 2.21 bits per heavy atom. The summed E-state index contributed by atoms with van der Waals surface area (Å²) in [6.07, 6.45) is 0.615. The molecule has 0 aliphatic carbocycles. The van der Waals surface area contributed by atoms with Crippen molar-refractivity contribution in [2.45, 2.75) is 17.1 Å². The van der Waals surface area contributed by atoms with Crippen molar-refractivity contribution in [2.75, 3.05) is 27.3 Å².